The number of carbonyl (C=O) groups excluding carboxylic acids is 1. The molecule has 0 spiro atoms. The van der Waals surface area contributed by atoms with Crippen LogP contribution in [0, 0.1) is 5.92 Å². The minimum atomic E-state index is -0.194. The Morgan fingerprint density at radius 1 is 1.00 bits per heavy atom. The van der Waals surface area contributed by atoms with Crippen molar-refractivity contribution in [2.75, 3.05) is 0 Å². The van der Waals surface area contributed by atoms with Gasteiger partial charge in [-0.05, 0) is 64.2 Å². The Morgan fingerprint density at radius 3 is 2.07 bits per heavy atom. The average Bonchev–Trinajstić information content (AvgIpc) is 2.60. The fraction of sp³-hybridized carbons (Fsp3) is 0.731. The molecule has 1 aliphatic rings. The highest BCUT2D eigenvalue weighted by Crippen LogP contribution is 2.31. The van der Waals surface area contributed by atoms with Crippen molar-refractivity contribution >= 4 is 5.97 Å². The molecular formula is C26H43NO2. The van der Waals surface area contributed by atoms with Crippen LogP contribution in [0.3, 0.4) is 0 Å². The largest absolute Gasteiger partial charge is 0.459 e. The Morgan fingerprint density at radius 2 is 1.55 bits per heavy atom. The van der Waals surface area contributed by atoms with Crippen LogP contribution in [0.2, 0.25) is 0 Å². The van der Waals surface area contributed by atoms with Crippen LogP contribution < -0.4 is 5.32 Å². The van der Waals surface area contributed by atoms with E-state index >= 15 is 0 Å². The molecular weight excluding hydrogens is 358 g/mol. The summed E-state index contributed by atoms with van der Waals surface area (Å²) in [5.74, 6) is 0.679. The van der Waals surface area contributed by atoms with Crippen LogP contribution >= 0.6 is 0 Å². The predicted molar refractivity (Wildman–Crippen MR) is 122 cm³/mol. The molecule has 1 N–H and O–H groups in total. The summed E-state index contributed by atoms with van der Waals surface area (Å²) in [6.07, 6.45) is 10.6. The van der Waals surface area contributed by atoms with E-state index in [1.54, 1.807) is 0 Å². The first-order valence-corrected chi connectivity index (χ1v) is 11.7. The molecule has 0 aliphatic carbocycles. The molecule has 3 heteroatoms. The number of nitrogens with one attached hydrogen (secondary N) is 1. The normalized spacial score (nSPS) is 18.7. The molecule has 1 aromatic carbocycles. The number of carbonyl (C=O) groups is 1. The van der Waals surface area contributed by atoms with Crippen LogP contribution in [0.25, 0.3) is 0 Å². The smallest absolute Gasteiger partial charge is 0.338 e. The van der Waals surface area contributed by atoms with E-state index in [1.807, 2.05) is 12.1 Å². The topological polar surface area (TPSA) is 38.3 Å². The maximum Gasteiger partial charge on any atom is 0.338 e. The number of aryl methyl sites for hydroxylation is 1. The molecule has 1 heterocycles. The Labute approximate surface area is 179 Å². The number of piperidine rings is 1. The van der Waals surface area contributed by atoms with Gasteiger partial charge in [0.2, 0.25) is 0 Å². The summed E-state index contributed by atoms with van der Waals surface area (Å²) in [4.78, 5) is 12.7. The van der Waals surface area contributed by atoms with Gasteiger partial charge < -0.3 is 10.1 Å². The Balaban J connectivity index is 1.85. The van der Waals surface area contributed by atoms with Gasteiger partial charge in [-0.25, -0.2) is 4.79 Å². The zero-order chi connectivity index (χ0) is 21.5. The summed E-state index contributed by atoms with van der Waals surface area (Å²) < 4.78 is 5.88. The molecule has 1 aliphatic heterocycles. The molecule has 1 saturated heterocycles. The fourth-order valence-corrected chi connectivity index (χ4v) is 5.18. The summed E-state index contributed by atoms with van der Waals surface area (Å²) >= 11 is 0. The summed E-state index contributed by atoms with van der Waals surface area (Å²) in [5, 5.41) is 3.63. The summed E-state index contributed by atoms with van der Waals surface area (Å²) in [6, 6.07) is 8.07. The van der Waals surface area contributed by atoms with Crippen LogP contribution in [-0.2, 0) is 11.2 Å². The third-order valence-corrected chi connectivity index (χ3v) is 6.09. The van der Waals surface area contributed by atoms with Crippen molar-refractivity contribution in [3.05, 3.63) is 35.4 Å². The molecule has 3 nitrogen and oxygen atoms in total. The van der Waals surface area contributed by atoms with E-state index in [0.29, 0.717) is 5.56 Å². The van der Waals surface area contributed by atoms with Gasteiger partial charge in [0.15, 0.2) is 0 Å². The second-order valence-electron chi connectivity index (χ2n) is 10.4. The Bertz CT molecular complexity index is 611. The van der Waals surface area contributed by atoms with E-state index in [-0.39, 0.29) is 23.2 Å². The maximum absolute atomic E-state index is 12.7. The molecule has 0 aromatic heterocycles. The Kier molecular flexibility index (Phi) is 8.75. The molecule has 0 unspecified atom stereocenters. The molecule has 1 fully saturated rings. The first-order valence-electron chi connectivity index (χ1n) is 11.7. The van der Waals surface area contributed by atoms with E-state index in [4.69, 9.17) is 4.74 Å². The lowest BCUT2D eigenvalue weighted by Crippen LogP contribution is -2.59. The summed E-state index contributed by atoms with van der Waals surface area (Å²) in [7, 11) is 0. The van der Waals surface area contributed by atoms with E-state index in [2.05, 4.69) is 59.0 Å². The monoisotopic (exact) mass is 401 g/mol. The zero-order valence-electron chi connectivity index (χ0n) is 19.6. The van der Waals surface area contributed by atoms with Gasteiger partial charge in [-0.2, -0.15) is 0 Å². The molecule has 0 atom stereocenters. The lowest BCUT2D eigenvalue weighted by atomic mass is 9.81. The number of benzene rings is 1. The minimum absolute atomic E-state index is 0.0238. The lowest BCUT2D eigenvalue weighted by molar-refractivity contribution is -0.00637. The second-order valence-corrected chi connectivity index (χ2v) is 10.4. The van der Waals surface area contributed by atoms with Crippen molar-refractivity contribution < 1.29 is 9.53 Å². The Hall–Kier alpha value is -1.35. The van der Waals surface area contributed by atoms with Crippen LogP contribution in [-0.4, -0.2) is 23.2 Å². The van der Waals surface area contributed by atoms with Crippen molar-refractivity contribution in [3.63, 3.8) is 0 Å². The fourth-order valence-electron chi connectivity index (χ4n) is 5.18. The second kappa shape index (κ2) is 10.6. The van der Waals surface area contributed by atoms with E-state index < -0.39 is 0 Å². The third kappa shape index (κ3) is 8.12. The highest BCUT2D eigenvalue weighted by molar-refractivity contribution is 5.89. The summed E-state index contributed by atoms with van der Waals surface area (Å²) in [5.41, 5.74) is 1.93. The van der Waals surface area contributed by atoms with Crippen molar-refractivity contribution in [1.29, 1.82) is 0 Å². The molecule has 1 aromatic rings. The van der Waals surface area contributed by atoms with E-state index in [0.717, 1.165) is 25.2 Å². The number of ether oxygens (including phenoxy) is 1. The molecule has 164 valence electrons. The quantitative estimate of drug-likeness (QED) is 0.444. The predicted octanol–water partition coefficient (Wildman–Crippen LogP) is 6.69. The van der Waals surface area contributed by atoms with Gasteiger partial charge in [0.05, 0.1) is 5.56 Å². The highest BCUT2D eigenvalue weighted by atomic mass is 16.5. The van der Waals surface area contributed by atoms with Crippen molar-refractivity contribution in [1.82, 2.24) is 5.32 Å². The molecule has 0 radical (unpaired) electrons. The van der Waals surface area contributed by atoms with E-state index in [9.17, 15) is 4.79 Å². The first-order chi connectivity index (χ1) is 13.6. The lowest BCUT2D eigenvalue weighted by Gasteiger charge is -2.45. The summed E-state index contributed by atoms with van der Waals surface area (Å²) in [6.45, 7) is 13.3. The number of esters is 1. The molecule has 0 saturated carbocycles. The average molecular weight is 402 g/mol. The van der Waals surface area contributed by atoms with Crippen LogP contribution in [0.5, 0.6) is 0 Å². The van der Waals surface area contributed by atoms with E-state index in [1.165, 1.54) is 44.1 Å². The van der Waals surface area contributed by atoms with Gasteiger partial charge in [0.1, 0.15) is 6.10 Å². The standard InChI is InChI=1S/C26H43NO2/c1-7-10-20(11-8-2)12-9-13-21-14-16-22(17-15-21)24(28)29-23-18-25(3,4)27-26(5,6)19-23/h14-17,20,23,27H,7-13,18-19H2,1-6H3. The van der Waals surface area contributed by atoms with Crippen LogP contribution in [0.4, 0.5) is 0 Å². The van der Waals surface area contributed by atoms with Crippen LogP contribution in [0.15, 0.2) is 24.3 Å². The van der Waals surface area contributed by atoms with Gasteiger partial charge in [0, 0.05) is 23.9 Å². The van der Waals surface area contributed by atoms with Crippen molar-refractivity contribution in [3.8, 4) is 0 Å². The molecule has 0 amide bonds. The van der Waals surface area contributed by atoms with Gasteiger partial charge in [0.25, 0.3) is 0 Å². The number of rotatable bonds is 10. The third-order valence-electron chi connectivity index (χ3n) is 6.09. The highest BCUT2D eigenvalue weighted by Gasteiger charge is 2.39. The molecule has 0 bridgehead atoms. The molecule has 29 heavy (non-hydrogen) atoms. The maximum atomic E-state index is 12.7. The molecule has 2 rings (SSSR count). The van der Waals surface area contributed by atoms with Gasteiger partial charge in [-0.3, -0.25) is 0 Å². The van der Waals surface area contributed by atoms with Gasteiger partial charge >= 0.3 is 5.97 Å². The number of hydrogen-bond donors (Lipinski definition) is 1. The van der Waals surface area contributed by atoms with Gasteiger partial charge in [-0.15, -0.1) is 0 Å². The number of hydrogen-bond acceptors (Lipinski definition) is 3. The first kappa shape index (κ1) is 23.9. The van der Waals surface area contributed by atoms with Crippen molar-refractivity contribution in [2.24, 2.45) is 5.92 Å². The van der Waals surface area contributed by atoms with Crippen molar-refractivity contribution in [2.45, 2.75) is 117 Å². The minimum Gasteiger partial charge on any atom is -0.459 e. The van der Waals surface area contributed by atoms with Crippen LogP contribution in [0.1, 0.15) is 109 Å². The zero-order valence-corrected chi connectivity index (χ0v) is 19.6. The van der Waals surface area contributed by atoms with Gasteiger partial charge in [-0.1, -0.05) is 58.1 Å². The SMILES string of the molecule is CCCC(CCC)CCCc1ccc(C(=O)OC2CC(C)(C)NC(C)(C)C2)cc1.